The average molecular weight is 301 g/mol. The number of methoxy groups -OCH3 is 1. The van der Waals surface area contributed by atoms with Crippen LogP contribution in [0.4, 0.5) is 0 Å². The summed E-state index contributed by atoms with van der Waals surface area (Å²) in [6, 6.07) is 2.08. The molecule has 0 amide bonds. The highest BCUT2D eigenvalue weighted by Crippen LogP contribution is 2.56. The molecule has 0 saturated heterocycles. The molecule has 3 atom stereocenters. The van der Waals surface area contributed by atoms with Crippen LogP contribution in [0.1, 0.15) is 29.5 Å². The van der Waals surface area contributed by atoms with E-state index in [0.717, 1.165) is 31.0 Å². The molecule has 0 radical (unpaired) electrons. The Morgan fingerprint density at radius 2 is 2.27 bits per heavy atom. The second-order valence-corrected chi connectivity index (χ2v) is 6.88. The van der Waals surface area contributed by atoms with Crippen molar-refractivity contribution in [2.24, 2.45) is 0 Å². The molecule has 2 aliphatic heterocycles. The lowest BCUT2D eigenvalue weighted by atomic mass is 9.68. The van der Waals surface area contributed by atoms with Gasteiger partial charge in [0.2, 0.25) is 0 Å². The highest BCUT2D eigenvalue weighted by atomic mass is 16.5. The molecule has 0 bridgehead atoms. The Balaban J connectivity index is 2.00. The van der Waals surface area contributed by atoms with Crippen LogP contribution in [0.2, 0.25) is 0 Å². The Morgan fingerprint density at radius 1 is 1.45 bits per heavy atom. The molecule has 0 aromatic heterocycles. The Kier molecular flexibility index (Phi) is 3.03. The Bertz CT molecular complexity index is 654. The Hall–Kier alpha value is -1.52. The minimum Gasteiger partial charge on any atom is -0.493 e. The quantitative estimate of drug-likeness (QED) is 0.807. The normalized spacial score (nSPS) is 32.9. The molecule has 1 aromatic rings. The largest absolute Gasteiger partial charge is 0.493 e. The number of aliphatic hydroxyl groups is 1. The predicted molar refractivity (Wildman–Crippen MR) is 84.5 cm³/mol. The molecule has 4 heteroatoms. The van der Waals surface area contributed by atoms with Gasteiger partial charge in [-0.05, 0) is 44.1 Å². The SMILES string of the molecule is COc1cc(C)c2c3c1OC1C[C@H](O)C=CC31CCN(C)C2. The van der Waals surface area contributed by atoms with Crippen molar-refractivity contribution in [3.05, 3.63) is 34.9 Å². The van der Waals surface area contributed by atoms with Gasteiger partial charge in [-0.25, -0.2) is 0 Å². The second-order valence-electron chi connectivity index (χ2n) is 6.88. The van der Waals surface area contributed by atoms with Crippen molar-refractivity contribution in [1.82, 2.24) is 4.90 Å². The molecule has 0 fully saturated rings. The van der Waals surface area contributed by atoms with Crippen molar-refractivity contribution in [2.45, 2.75) is 43.9 Å². The minimum absolute atomic E-state index is 0.00319. The third kappa shape index (κ3) is 1.77. The fraction of sp³-hybridized carbons (Fsp3) is 0.556. The first-order valence-corrected chi connectivity index (χ1v) is 7.99. The first-order chi connectivity index (χ1) is 10.5. The van der Waals surface area contributed by atoms with Crippen molar-refractivity contribution in [2.75, 3.05) is 20.7 Å². The third-order valence-corrected chi connectivity index (χ3v) is 5.50. The summed E-state index contributed by atoms with van der Waals surface area (Å²) in [4.78, 5) is 2.37. The van der Waals surface area contributed by atoms with Gasteiger partial charge in [-0.3, -0.25) is 0 Å². The summed E-state index contributed by atoms with van der Waals surface area (Å²) in [5.74, 6) is 1.71. The van der Waals surface area contributed by atoms with E-state index >= 15 is 0 Å². The lowest BCUT2D eigenvalue weighted by Crippen LogP contribution is -2.42. The molecule has 22 heavy (non-hydrogen) atoms. The fourth-order valence-corrected chi connectivity index (χ4v) is 4.30. The Labute approximate surface area is 131 Å². The lowest BCUT2D eigenvalue weighted by molar-refractivity contribution is 0.0821. The third-order valence-electron chi connectivity index (χ3n) is 5.50. The molecule has 1 aromatic carbocycles. The maximum atomic E-state index is 10.0. The van der Waals surface area contributed by atoms with Crippen LogP contribution in [0, 0.1) is 6.92 Å². The molecule has 4 rings (SSSR count). The van der Waals surface area contributed by atoms with E-state index in [0.29, 0.717) is 6.42 Å². The number of aryl methyl sites for hydroxylation is 1. The van der Waals surface area contributed by atoms with Crippen LogP contribution in [-0.4, -0.2) is 42.9 Å². The Morgan fingerprint density at radius 3 is 3.05 bits per heavy atom. The second kappa shape index (κ2) is 4.74. The maximum Gasteiger partial charge on any atom is 0.166 e. The van der Waals surface area contributed by atoms with Crippen molar-refractivity contribution in [3.8, 4) is 11.5 Å². The zero-order valence-electron chi connectivity index (χ0n) is 13.4. The molecule has 2 heterocycles. The van der Waals surface area contributed by atoms with Crippen molar-refractivity contribution >= 4 is 0 Å². The number of nitrogens with zero attached hydrogens (tertiary/aromatic N) is 1. The van der Waals surface area contributed by atoms with E-state index in [1.165, 1.54) is 16.7 Å². The van der Waals surface area contributed by atoms with Gasteiger partial charge >= 0.3 is 0 Å². The number of hydrogen-bond donors (Lipinski definition) is 1. The van der Waals surface area contributed by atoms with Gasteiger partial charge in [0.1, 0.15) is 6.10 Å². The zero-order valence-corrected chi connectivity index (χ0v) is 13.4. The molecule has 4 nitrogen and oxygen atoms in total. The van der Waals surface area contributed by atoms with E-state index in [-0.39, 0.29) is 11.5 Å². The summed E-state index contributed by atoms with van der Waals surface area (Å²) in [5, 5.41) is 10.0. The van der Waals surface area contributed by atoms with Crippen LogP contribution < -0.4 is 9.47 Å². The van der Waals surface area contributed by atoms with Crippen LogP contribution in [-0.2, 0) is 12.0 Å². The smallest absolute Gasteiger partial charge is 0.166 e. The molecule has 118 valence electrons. The van der Waals surface area contributed by atoms with Crippen molar-refractivity contribution < 1.29 is 14.6 Å². The van der Waals surface area contributed by atoms with E-state index in [4.69, 9.17) is 9.47 Å². The number of benzene rings is 1. The van der Waals surface area contributed by atoms with Crippen LogP contribution >= 0.6 is 0 Å². The van der Waals surface area contributed by atoms with Crippen molar-refractivity contribution in [3.63, 3.8) is 0 Å². The molecule has 1 spiro atoms. The van der Waals surface area contributed by atoms with Gasteiger partial charge in [-0.1, -0.05) is 12.2 Å². The topological polar surface area (TPSA) is 41.9 Å². The van der Waals surface area contributed by atoms with Crippen LogP contribution in [0.15, 0.2) is 18.2 Å². The molecule has 3 aliphatic rings. The summed E-state index contributed by atoms with van der Waals surface area (Å²) in [5.41, 5.74) is 3.79. The summed E-state index contributed by atoms with van der Waals surface area (Å²) >= 11 is 0. The zero-order chi connectivity index (χ0) is 15.5. The number of rotatable bonds is 1. The molecule has 2 unspecified atom stereocenters. The standard InChI is InChI=1S/C18H23NO3/c1-11-8-14(21-3)17-16-13(11)10-19(2)7-6-18(16)5-4-12(20)9-15(18)22-17/h4-5,8,12,15,20H,6-7,9-10H2,1-3H3/t12-,15?,18?/m1/s1. The van der Waals surface area contributed by atoms with E-state index in [2.05, 4.69) is 31.0 Å². The number of hydrogen-bond acceptors (Lipinski definition) is 4. The van der Waals surface area contributed by atoms with Crippen LogP contribution in [0.3, 0.4) is 0 Å². The lowest BCUT2D eigenvalue weighted by Gasteiger charge is -2.35. The van der Waals surface area contributed by atoms with E-state index in [1.54, 1.807) is 7.11 Å². The molecule has 1 N–H and O–H groups in total. The molecular formula is C18H23NO3. The van der Waals surface area contributed by atoms with Gasteiger partial charge < -0.3 is 19.5 Å². The van der Waals surface area contributed by atoms with Gasteiger partial charge in [0.15, 0.2) is 11.5 Å². The highest BCUT2D eigenvalue weighted by molar-refractivity contribution is 5.63. The average Bonchev–Trinajstić information content (AvgIpc) is 2.74. The van der Waals surface area contributed by atoms with Crippen LogP contribution in [0.5, 0.6) is 11.5 Å². The monoisotopic (exact) mass is 301 g/mol. The maximum absolute atomic E-state index is 10.0. The van der Waals surface area contributed by atoms with Gasteiger partial charge in [0, 0.05) is 18.5 Å². The van der Waals surface area contributed by atoms with Crippen LogP contribution in [0.25, 0.3) is 0 Å². The van der Waals surface area contributed by atoms with Gasteiger partial charge in [0.05, 0.1) is 18.6 Å². The summed E-state index contributed by atoms with van der Waals surface area (Å²) in [6.45, 7) is 4.11. The van der Waals surface area contributed by atoms with E-state index in [9.17, 15) is 5.11 Å². The van der Waals surface area contributed by atoms with E-state index < -0.39 is 6.10 Å². The summed E-state index contributed by atoms with van der Waals surface area (Å²) < 4.78 is 11.9. The summed E-state index contributed by atoms with van der Waals surface area (Å²) in [7, 11) is 3.87. The van der Waals surface area contributed by atoms with E-state index in [1.807, 2.05) is 6.08 Å². The van der Waals surface area contributed by atoms with Crippen molar-refractivity contribution in [1.29, 1.82) is 0 Å². The number of aliphatic hydroxyl groups excluding tert-OH is 1. The molecular weight excluding hydrogens is 278 g/mol. The van der Waals surface area contributed by atoms with Gasteiger partial charge in [-0.2, -0.15) is 0 Å². The highest BCUT2D eigenvalue weighted by Gasteiger charge is 2.52. The van der Waals surface area contributed by atoms with Gasteiger partial charge in [0.25, 0.3) is 0 Å². The van der Waals surface area contributed by atoms with Gasteiger partial charge in [-0.15, -0.1) is 0 Å². The molecule has 1 aliphatic carbocycles. The predicted octanol–water partition coefficient (Wildman–Crippen LogP) is 2.16. The number of ether oxygens (including phenoxy) is 2. The fourth-order valence-electron chi connectivity index (χ4n) is 4.30. The first-order valence-electron chi connectivity index (χ1n) is 7.99. The first kappa shape index (κ1) is 14.1. The minimum atomic E-state index is -0.415. The summed E-state index contributed by atoms with van der Waals surface area (Å²) in [6.07, 6.45) is 5.39. The molecule has 0 saturated carbocycles.